The summed E-state index contributed by atoms with van der Waals surface area (Å²) in [6.07, 6.45) is 6.70. The van der Waals surface area contributed by atoms with E-state index in [0.29, 0.717) is 11.5 Å². The maximum Gasteiger partial charge on any atom is 0.00644 e. The molecule has 0 aliphatic heterocycles. The van der Waals surface area contributed by atoms with Gasteiger partial charge in [-0.2, -0.15) is 0 Å². The van der Waals surface area contributed by atoms with Crippen LogP contribution >= 0.6 is 0 Å². The molecule has 1 unspecified atom stereocenters. The van der Waals surface area contributed by atoms with Crippen LogP contribution in [0.3, 0.4) is 0 Å². The van der Waals surface area contributed by atoms with Crippen LogP contribution in [0, 0.1) is 5.41 Å². The third-order valence-corrected chi connectivity index (χ3v) is 4.26. The lowest BCUT2D eigenvalue weighted by Crippen LogP contribution is -2.44. The van der Waals surface area contributed by atoms with Gasteiger partial charge in [-0.1, -0.05) is 26.7 Å². The van der Waals surface area contributed by atoms with E-state index >= 15 is 0 Å². The number of nitrogens with two attached hydrogens (primary N) is 1. The van der Waals surface area contributed by atoms with Crippen molar-refractivity contribution in [3.05, 3.63) is 0 Å². The molecule has 1 saturated carbocycles. The summed E-state index contributed by atoms with van der Waals surface area (Å²) in [4.78, 5) is 2.61. The molecule has 1 aliphatic carbocycles. The van der Waals surface area contributed by atoms with Gasteiger partial charge in [0.25, 0.3) is 0 Å². The maximum atomic E-state index is 5.99. The second-order valence-corrected chi connectivity index (χ2v) is 5.23. The Morgan fingerprint density at radius 1 is 1.27 bits per heavy atom. The Balaban J connectivity index is 2.55. The molecular formula is C13H28N2. The van der Waals surface area contributed by atoms with Gasteiger partial charge < -0.3 is 10.6 Å². The molecule has 1 aliphatic rings. The van der Waals surface area contributed by atoms with Crippen molar-refractivity contribution < 1.29 is 0 Å². The lowest BCUT2D eigenvalue weighted by Gasteiger charge is -2.37. The molecule has 2 N–H and O–H groups in total. The Kier molecular flexibility index (Phi) is 5.07. The van der Waals surface area contributed by atoms with Gasteiger partial charge in [-0.05, 0) is 44.7 Å². The van der Waals surface area contributed by atoms with Crippen molar-refractivity contribution in [1.29, 1.82) is 0 Å². The highest BCUT2D eigenvalue weighted by atomic mass is 15.2. The molecule has 0 aromatic carbocycles. The number of hydrogen-bond acceptors (Lipinski definition) is 2. The average Bonchev–Trinajstić information content (AvgIpc) is 2.74. The van der Waals surface area contributed by atoms with Crippen LogP contribution in [-0.4, -0.2) is 30.6 Å². The highest BCUT2D eigenvalue weighted by molar-refractivity contribution is 4.89. The fourth-order valence-electron chi connectivity index (χ4n) is 2.82. The SMILES string of the molecule is CCC(C)N(CC)CC1(CN)CCCC1. The Hall–Kier alpha value is -0.0800. The minimum atomic E-state index is 0.444. The standard InChI is InChI=1S/C13H28N2/c1-4-12(3)15(5-2)11-13(10-14)8-6-7-9-13/h12H,4-11,14H2,1-3H3. The van der Waals surface area contributed by atoms with Crippen molar-refractivity contribution in [3.63, 3.8) is 0 Å². The van der Waals surface area contributed by atoms with Crippen molar-refractivity contribution in [3.8, 4) is 0 Å². The van der Waals surface area contributed by atoms with Crippen LogP contribution < -0.4 is 5.73 Å². The van der Waals surface area contributed by atoms with E-state index in [4.69, 9.17) is 5.73 Å². The van der Waals surface area contributed by atoms with Crippen LogP contribution in [0.1, 0.15) is 52.9 Å². The van der Waals surface area contributed by atoms with Crippen LogP contribution in [0.2, 0.25) is 0 Å². The van der Waals surface area contributed by atoms with Crippen molar-refractivity contribution >= 4 is 0 Å². The Labute approximate surface area is 95.2 Å². The molecule has 1 fully saturated rings. The van der Waals surface area contributed by atoms with Crippen LogP contribution in [0.25, 0.3) is 0 Å². The fraction of sp³-hybridized carbons (Fsp3) is 1.00. The average molecular weight is 212 g/mol. The van der Waals surface area contributed by atoms with E-state index in [1.165, 1.54) is 38.6 Å². The van der Waals surface area contributed by atoms with E-state index in [1.54, 1.807) is 0 Å². The van der Waals surface area contributed by atoms with Gasteiger partial charge in [0, 0.05) is 12.6 Å². The van der Waals surface area contributed by atoms with Crippen LogP contribution in [0.5, 0.6) is 0 Å². The number of hydrogen-bond donors (Lipinski definition) is 1. The summed E-state index contributed by atoms with van der Waals surface area (Å²) in [6, 6.07) is 0.707. The third kappa shape index (κ3) is 3.18. The second-order valence-electron chi connectivity index (χ2n) is 5.23. The van der Waals surface area contributed by atoms with Gasteiger partial charge in [0.05, 0.1) is 0 Å². The first-order valence-corrected chi connectivity index (χ1v) is 6.61. The number of rotatable bonds is 6. The minimum Gasteiger partial charge on any atom is -0.330 e. The molecule has 0 aromatic heterocycles. The molecule has 90 valence electrons. The Morgan fingerprint density at radius 3 is 2.27 bits per heavy atom. The molecule has 1 rings (SSSR count). The van der Waals surface area contributed by atoms with Gasteiger partial charge in [-0.3, -0.25) is 0 Å². The predicted octanol–water partition coefficient (Wildman–Crippen LogP) is 2.63. The molecular weight excluding hydrogens is 184 g/mol. The van der Waals surface area contributed by atoms with E-state index < -0.39 is 0 Å². The largest absolute Gasteiger partial charge is 0.330 e. The lowest BCUT2D eigenvalue weighted by molar-refractivity contribution is 0.125. The predicted molar refractivity (Wildman–Crippen MR) is 67.0 cm³/mol. The van der Waals surface area contributed by atoms with Gasteiger partial charge >= 0.3 is 0 Å². The van der Waals surface area contributed by atoms with E-state index in [-0.39, 0.29) is 0 Å². The normalized spacial score (nSPS) is 22.2. The zero-order valence-electron chi connectivity index (χ0n) is 10.8. The quantitative estimate of drug-likeness (QED) is 0.733. The molecule has 15 heavy (non-hydrogen) atoms. The Bertz CT molecular complexity index is 173. The summed E-state index contributed by atoms with van der Waals surface area (Å²) in [5, 5.41) is 0. The van der Waals surface area contributed by atoms with Crippen LogP contribution in [0.15, 0.2) is 0 Å². The fourth-order valence-corrected chi connectivity index (χ4v) is 2.82. The summed E-state index contributed by atoms with van der Waals surface area (Å²) >= 11 is 0. The van der Waals surface area contributed by atoms with Gasteiger partial charge in [-0.25, -0.2) is 0 Å². The van der Waals surface area contributed by atoms with E-state index in [1.807, 2.05) is 0 Å². The van der Waals surface area contributed by atoms with E-state index in [9.17, 15) is 0 Å². The van der Waals surface area contributed by atoms with Crippen LogP contribution in [0.4, 0.5) is 0 Å². The zero-order chi connectivity index (χ0) is 11.3. The van der Waals surface area contributed by atoms with Gasteiger partial charge in [0.1, 0.15) is 0 Å². The Morgan fingerprint density at radius 2 is 1.87 bits per heavy atom. The van der Waals surface area contributed by atoms with Crippen molar-refractivity contribution in [2.24, 2.45) is 11.1 Å². The van der Waals surface area contributed by atoms with E-state index in [0.717, 1.165) is 13.1 Å². The van der Waals surface area contributed by atoms with Gasteiger partial charge in [-0.15, -0.1) is 0 Å². The molecule has 2 nitrogen and oxygen atoms in total. The molecule has 0 aromatic rings. The first kappa shape index (κ1) is 13.0. The molecule has 0 heterocycles. The second kappa shape index (κ2) is 5.86. The number of nitrogens with zero attached hydrogens (tertiary/aromatic N) is 1. The molecule has 0 bridgehead atoms. The molecule has 0 radical (unpaired) electrons. The van der Waals surface area contributed by atoms with Crippen molar-refractivity contribution in [2.75, 3.05) is 19.6 Å². The topological polar surface area (TPSA) is 29.3 Å². The monoisotopic (exact) mass is 212 g/mol. The maximum absolute atomic E-state index is 5.99. The summed E-state index contributed by atoms with van der Waals surface area (Å²) in [7, 11) is 0. The van der Waals surface area contributed by atoms with Crippen molar-refractivity contribution in [1.82, 2.24) is 4.90 Å². The summed E-state index contributed by atoms with van der Waals surface area (Å²) in [5.41, 5.74) is 6.43. The summed E-state index contributed by atoms with van der Waals surface area (Å²) in [6.45, 7) is 10.1. The van der Waals surface area contributed by atoms with E-state index in [2.05, 4.69) is 25.7 Å². The third-order valence-electron chi connectivity index (χ3n) is 4.26. The molecule has 0 amide bonds. The zero-order valence-corrected chi connectivity index (χ0v) is 10.8. The minimum absolute atomic E-state index is 0.444. The van der Waals surface area contributed by atoms with Crippen molar-refractivity contribution in [2.45, 2.75) is 58.9 Å². The molecule has 0 saturated heterocycles. The van der Waals surface area contributed by atoms with Gasteiger partial charge in [0.2, 0.25) is 0 Å². The van der Waals surface area contributed by atoms with Crippen LogP contribution in [-0.2, 0) is 0 Å². The first-order valence-electron chi connectivity index (χ1n) is 6.61. The summed E-state index contributed by atoms with van der Waals surface area (Å²) in [5.74, 6) is 0. The summed E-state index contributed by atoms with van der Waals surface area (Å²) < 4.78 is 0. The molecule has 2 heteroatoms. The first-order chi connectivity index (χ1) is 7.17. The highest BCUT2D eigenvalue weighted by Crippen LogP contribution is 2.38. The smallest absolute Gasteiger partial charge is 0.00644 e. The highest BCUT2D eigenvalue weighted by Gasteiger charge is 2.34. The lowest BCUT2D eigenvalue weighted by atomic mass is 9.85. The molecule has 1 atom stereocenters. The van der Waals surface area contributed by atoms with Gasteiger partial charge in [0.15, 0.2) is 0 Å². The molecule has 0 spiro atoms.